The first-order valence-electron chi connectivity index (χ1n) is 10.3. The lowest BCUT2D eigenvalue weighted by molar-refractivity contribution is -0.115. The zero-order valence-corrected chi connectivity index (χ0v) is 19.4. The molecule has 0 spiro atoms. The Bertz CT molecular complexity index is 913. The molecule has 8 nitrogen and oxygen atoms in total. The van der Waals surface area contributed by atoms with Crippen molar-refractivity contribution in [3.05, 3.63) is 38.8 Å². The lowest BCUT2D eigenvalue weighted by Crippen LogP contribution is -2.36. The number of amides is 2. The van der Waals surface area contributed by atoms with Crippen molar-refractivity contribution in [1.82, 2.24) is 20.9 Å². The number of guanidine groups is 1. The summed E-state index contributed by atoms with van der Waals surface area (Å²) in [6, 6.07) is 0.689. The van der Waals surface area contributed by atoms with Crippen LogP contribution in [0.4, 0.5) is 4.79 Å². The van der Waals surface area contributed by atoms with Crippen LogP contribution in [0.25, 0.3) is 0 Å². The molecule has 0 atom stereocenters. The molecular weight excluding hydrogens is 432 g/mol. The molecule has 1 aromatic heterocycles. The van der Waals surface area contributed by atoms with Crippen LogP contribution in [0.1, 0.15) is 43.3 Å². The maximum absolute atomic E-state index is 11.7. The van der Waals surface area contributed by atoms with Crippen molar-refractivity contribution in [2.75, 3.05) is 6.54 Å². The molecule has 1 saturated carbocycles. The van der Waals surface area contributed by atoms with Crippen LogP contribution in [0.15, 0.2) is 38.1 Å². The second-order valence-electron chi connectivity index (χ2n) is 7.40. The van der Waals surface area contributed by atoms with Gasteiger partial charge in [0, 0.05) is 30.1 Å². The molecule has 0 radical (unpaired) electrons. The van der Waals surface area contributed by atoms with Crippen LogP contribution in [-0.2, 0) is 11.2 Å². The van der Waals surface area contributed by atoms with Crippen LogP contribution in [0.2, 0.25) is 0 Å². The molecule has 2 amide bonds. The molecule has 3 N–H and O–H groups in total. The Morgan fingerprint density at radius 3 is 2.71 bits per heavy atom. The molecule has 1 aliphatic heterocycles. The number of aliphatic imine (C=N–C) groups is 2. The number of nitrogens with zero attached hydrogens (tertiary/aromatic N) is 3. The first kappa shape index (κ1) is 23.4. The third kappa shape index (κ3) is 7.12. The Morgan fingerprint density at radius 1 is 1.35 bits per heavy atom. The molecule has 0 aromatic carbocycles. The molecule has 1 aliphatic carbocycles. The molecule has 2 aliphatic rings. The monoisotopic (exact) mass is 460 g/mol. The van der Waals surface area contributed by atoms with Gasteiger partial charge in [0.15, 0.2) is 0 Å². The summed E-state index contributed by atoms with van der Waals surface area (Å²) in [6.07, 6.45) is 8.47. The van der Waals surface area contributed by atoms with Crippen molar-refractivity contribution in [2.24, 2.45) is 9.98 Å². The predicted octanol–water partition coefficient (Wildman–Crippen LogP) is 3.31. The molecule has 0 unspecified atom stereocenters. The summed E-state index contributed by atoms with van der Waals surface area (Å²) < 4.78 is 0. The van der Waals surface area contributed by atoms with Crippen LogP contribution in [0.3, 0.4) is 0 Å². The van der Waals surface area contributed by atoms with E-state index in [-0.39, 0.29) is 11.3 Å². The van der Waals surface area contributed by atoms with Gasteiger partial charge >= 0.3 is 0 Å². The summed E-state index contributed by atoms with van der Waals surface area (Å²) >= 11 is 2.57. The number of aryl methyl sites for hydroxylation is 1. The minimum absolute atomic E-state index is 0.184. The first-order valence-corrected chi connectivity index (χ1v) is 12.0. The highest BCUT2D eigenvalue weighted by Crippen LogP contribution is 2.24. The Labute approximate surface area is 190 Å². The lowest BCUT2D eigenvalue weighted by atomic mass is 9.91. The maximum atomic E-state index is 11.7. The number of hydrogen-bond acceptors (Lipinski definition) is 7. The maximum Gasteiger partial charge on any atom is 0.290 e. The molecular formula is C21H28N6O2S2. The van der Waals surface area contributed by atoms with Gasteiger partial charge in [-0.1, -0.05) is 6.08 Å². The number of nitrogens with one attached hydrogen (secondary N) is 3. The molecule has 2 heterocycles. The zero-order valence-electron chi connectivity index (χ0n) is 17.8. The number of thiazole rings is 1. The van der Waals surface area contributed by atoms with Gasteiger partial charge in [0.05, 0.1) is 21.6 Å². The van der Waals surface area contributed by atoms with Crippen molar-refractivity contribution >= 4 is 46.9 Å². The second kappa shape index (κ2) is 11.4. The second-order valence-corrected chi connectivity index (χ2v) is 9.48. The molecule has 0 bridgehead atoms. The summed E-state index contributed by atoms with van der Waals surface area (Å²) in [5.41, 5.74) is 1.81. The van der Waals surface area contributed by atoms with E-state index >= 15 is 0 Å². The fourth-order valence-corrected chi connectivity index (χ4v) is 4.83. The van der Waals surface area contributed by atoms with Crippen LogP contribution >= 0.6 is 23.1 Å². The van der Waals surface area contributed by atoms with E-state index in [9.17, 15) is 9.59 Å². The van der Waals surface area contributed by atoms with Gasteiger partial charge in [-0.05, 0) is 64.1 Å². The Hall–Kier alpha value is -2.30. The van der Waals surface area contributed by atoms with Gasteiger partial charge < -0.3 is 10.6 Å². The number of allylic oxidation sites excluding steroid dienone is 2. The van der Waals surface area contributed by atoms with Crippen LogP contribution < -0.4 is 16.0 Å². The fraction of sp³-hybridized carbons (Fsp3) is 0.476. The van der Waals surface area contributed by atoms with E-state index in [1.54, 1.807) is 23.5 Å². The standard InChI is InChI=1S/C21H28N6O2S2/c1-4-14(11-18-19(28)27-21(29)31-18)25-20(22-3)26-16-7-5-15(6-8-16)23-10-9-17-12-30-13(2)24-17/h4,11-12,15-16,23H,3,5-10H2,1-2H3,(H,25,26)(H,27,28,29)/b14-4-,18-11-. The van der Waals surface area contributed by atoms with Crippen LogP contribution in [-0.4, -0.2) is 47.4 Å². The third-order valence-corrected chi connectivity index (χ3v) is 6.76. The average Bonchev–Trinajstić information content (AvgIpc) is 3.31. The minimum atomic E-state index is -0.392. The Morgan fingerprint density at radius 2 is 2.13 bits per heavy atom. The fourth-order valence-electron chi connectivity index (χ4n) is 3.50. The molecule has 31 heavy (non-hydrogen) atoms. The van der Waals surface area contributed by atoms with Crippen molar-refractivity contribution in [3.8, 4) is 0 Å². The number of hydrogen-bond donors (Lipinski definition) is 3. The topological polar surface area (TPSA) is 108 Å². The number of imide groups is 1. The van der Waals surface area contributed by atoms with Gasteiger partial charge in [0.2, 0.25) is 5.96 Å². The molecule has 1 aromatic rings. The summed E-state index contributed by atoms with van der Waals surface area (Å²) in [4.78, 5) is 36.6. The summed E-state index contributed by atoms with van der Waals surface area (Å²) in [7, 11) is 0. The van der Waals surface area contributed by atoms with Gasteiger partial charge in [-0.25, -0.2) is 15.0 Å². The normalized spacial score (nSPS) is 23.9. The SMILES string of the molecule is C=NC(=NC1CCC(NCCc2csc(C)n2)CC1)NC(=C\C)/C=C1\SC(=O)NC1=O. The van der Waals surface area contributed by atoms with Crippen LogP contribution in [0, 0.1) is 6.92 Å². The smallest absolute Gasteiger partial charge is 0.290 e. The summed E-state index contributed by atoms with van der Waals surface area (Å²) in [6.45, 7) is 8.42. The highest BCUT2D eigenvalue weighted by Gasteiger charge is 2.25. The highest BCUT2D eigenvalue weighted by molar-refractivity contribution is 8.18. The first-order chi connectivity index (χ1) is 15.0. The van der Waals surface area contributed by atoms with Gasteiger partial charge in [-0.15, -0.1) is 11.3 Å². The molecule has 3 rings (SSSR count). The molecule has 1 saturated heterocycles. The zero-order chi connectivity index (χ0) is 22.2. The Kier molecular flexibility index (Phi) is 8.56. The quantitative estimate of drug-likeness (QED) is 0.327. The van der Waals surface area contributed by atoms with E-state index < -0.39 is 5.91 Å². The average molecular weight is 461 g/mol. The van der Waals surface area contributed by atoms with Gasteiger partial charge in [-0.3, -0.25) is 14.9 Å². The largest absolute Gasteiger partial charge is 0.325 e. The van der Waals surface area contributed by atoms with Gasteiger partial charge in [0.25, 0.3) is 11.1 Å². The predicted molar refractivity (Wildman–Crippen MR) is 128 cm³/mol. The van der Waals surface area contributed by atoms with Crippen molar-refractivity contribution < 1.29 is 9.59 Å². The molecule has 10 heteroatoms. The van der Waals surface area contributed by atoms with E-state index in [1.807, 2.05) is 13.8 Å². The third-order valence-electron chi connectivity index (χ3n) is 5.13. The summed E-state index contributed by atoms with van der Waals surface area (Å²) in [5, 5.41) is 11.9. The molecule has 166 valence electrons. The number of carbonyl (C=O) groups excluding carboxylic acids is 2. The van der Waals surface area contributed by atoms with E-state index in [1.165, 1.54) is 0 Å². The van der Waals surface area contributed by atoms with E-state index in [0.717, 1.165) is 61.1 Å². The number of carbonyl (C=O) groups is 2. The van der Waals surface area contributed by atoms with E-state index in [2.05, 4.69) is 38.0 Å². The van der Waals surface area contributed by atoms with Crippen molar-refractivity contribution in [3.63, 3.8) is 0 Å². The van der Waals surface area contributed by atoms with Crippen molar-refractivity contribution in [2.45, 2.75) is 58.0 Å². The van der Waals surface area contributed by atoms with Crippen LogP contribution in [0.5, 0.6) is 0 Å². The summed E-state index contributed by atoms with van der Waals surface area (Å²) in [5.74, 6) is 0.0342. The van der Waals surface area contributed by atoms with E-state index in [4.69, 9.17) is 4.99 Å². The van der Waals surface area contributed by atoms with Crippen molar-refractivity contribution in [1.29, 1.82) is 0 Å². The highest BCUT2D eigenvalue weighted by atomic mass is 32.2. The number of thioether (sulfide) groups is 1. The van der Waals surface area contributed by atoms with Gasteiger partial charge in [0.1, 0.15) is 0 Å². The Balaban J connectivity index is 1.46. The number of aromatic nitrogens is 1. The lowest BCUT2D eigenvalue weighted by Gasteiger charge is -2.27. The minimum Gasteiger partial charge on any atom is -0.325 e. The molecule has 2 fully saturated rings. The number of rotatable bonds is 7. The van der Waals surface area contributed by atoms with E-state index in [0.29, 0.717) is 22.6 Å². The van der Waals surface area contributed by atoms with Gasteiger partial charge in [-0.2, -0.15) is 0 Å².